The summed E-state index contributed by atoms with van der Waals surface area (Å²) in [6, 6.07) is 3.38. The number of benzene rings is 1. The molecule has 1 aromatic carbocycles. The Bertz CT molecular complexity index is 766. The summed E-state index contributed by atoms with van der Waals surface area (Å²) in [4.78, 5) is 34.9. The van der Waals surface area contributed by atoms with Gasteiger partial charge in [-0.25, -0.2) is 13.2 Å². The number of sulfonamides is 1. The van der Waals surface area contributed by atoms with Crippen LogP contribution in [0.25, 0.3) is 0 Å². The van der Waals surface area contributed by atoms with E-state index >= 15 is 0 Å². The molecule has 0 spiro atoms. The number of hydrogen-bond acceptors (Lipinski definition) is 6. The first-order valence-electron chi connectivity index (χ1n) is 7.64. The van der Waals surface area contributed by atoms with Crippen LogP contribution in [0.2, 0.25) is 5.02 Å². The Labute approximate surface area is 156 Å². The van der Waals surface area contributed by atoms with E-state index in [2.05, 4.69) is 10.0 Å². The number of hydrogen-bond donors (Lipinski definition) is 3. The SMILES string of the molecule is CCNC(=O)NC(=O)C(C)OC(=O)C(C)NS(=O)(=O)c1ccc(Cl)cc1. The van der Waals surface area contributed by atoms with Crippen LogP contribution in [0.5, 0.6) is 0 Å². The zero-order valence-corrected chi connectivity index (χ0v) is 16.0. The van der Waals surface area contributed by atoms with Crippen molar-refractivity contribution < 1.29 is 27.5 Å². The van der Waals surface area contributed by atoms with Gasteiger partial charge in [-0.3, -0.25) is 14.9 Å². The summed E-state index contributed by atoms with van der Waals surface area (Å²) < 4.78 is 31.4. The second kappa shape index (κ2) is 9.51. The van der Waals surface area contributed by atoms with E-state index in [9.17, 15) is 22.8 Å². The summed E-state index contributed by atoms with van der Waals surface area (Å²) in [5.41, 5.74) is 0. The van der Waals surface area contributed by atoms with Gasteiger partial charge < -0.3 is 10.1 Å². The van der Waals surface area contributed by atoms with Crippen LogP contribution in [0.3, 0.4) is 0 Å². The van der Waals surface area contributed by atoms with Gasteiger partial charge in [0.1, 0.15) is 6.04 Å². The molecule has 0 saturated heterocycles. The number of ether oxygens (including phenoxy) is 1. The van der Waals surface area contributed by atoms with Gasteiger partial charge in [-0.2, -0.15) is 4.72 Å². The first-order chi connectivity index (χ1) is 12.1. The van der Waals surface area contributed by atoms with Crippen molar-refractivity contribution in [3.63, 3.8) is 0 Å². The van der Waals surface area contributed by atoms with E-state index in [1.54, 1.807) is 6.92 Å². The number of rotatable bonds is 7. The molecule has 0 aromatic heterocycles. The maximum atomic E-state index is 12.2. The second-order valence-electron chi connectivity index (χ2n) is 5.22. The van der Waals surface area contributed by atoms with E-state index < -0.39 is 40.1 Å². The van der Waals surface area contributed by atoms with E-state index in [4.69, 9.17) is 16.3 Å². The molecule has 0 bridgehead atoms. The van der Waals surface area contributed by atoms with Crippen molar-refractivity contribution >= 4 is 39.5 Å². The van der Waals surface area contributed by atoms with Crippen LogP contribution in [-0.2, 0) is 24.3 Å². The molecule has 9 nitrogen and oxygen atoms in total. The molecule has 0 radical (unpaired) electrons. The van der Waals surface area contributed by atoms with Gasteiger partial charge in [-0.05, 0) is 45.0 Å². The zero-order valence-electron chi connectivity index (χ0n) is 14.4. The Morgan fingerprint density at radius 3 is 2.27 bits per heavy atom. The average Bonchev–Trinajstić information content (AvgIpc) is 2.54. The van der Waals surface area contributed by atoms with Gasteiger partial charge in [0.15, 0.2) is 6.10 Å². The van der Waals surface area contributed by atoms with Crippen LogP contribution in [0.4, 0.5) is 4.79 Å². The molecule has 2 unspecified atom stereocenters. The number of carbonyl (C=O) groups excluding carboxylic acids is 3. The fraction of sp³-hybridized carbons (Fsp3) is 0.400. The minimum Gasteiger partial charge on any atom is -0.451 e. The highest BCUT2D eigenvalue weighted by molar-refractivity contribution is 7.89. The Hall–Kier alpha value is -2.17. The van der Waals surface area contributed by atoms with Crippen LogP contribution in [0.15, 0.2) is 29.2 Å². The molecule has 0 aliphatic carbocycles. The Morgan fingerprint density at radius 1 is 1.15 bits per heavy atom. The van der Waals surface area contributed by atoms with E-state index in [1.807, 2.05) is 5.32 Å². The van der Waals surface area contributed by atoms with E-state index in [1.165, 1.54) is 38.1 Å². The van der Waals surface area contributed by atoms with E-state index in [0.29, 0.717) is 11.6 Å². The monoisotopic (exact) mass is 405 g/mol. The molecular formula is C15H20ClN3O6S. The molecule has 144 valence electrons. The molecule has 3 N–H and O–H groups in total. The van der Waals surface area contributed by atoms with Crippen LogP contribution in [0, 0.1) is 0 Å². The van der Waals surface area contributed by atoms with Gasteiger partial charge in [-0.1, -0.05) is 11.6 Å². The van der Waals surface area contributed by atoms with Gasteiger partial charge in [-0.15, -0.1) is 0 Å². The lowest BCUT2D eigenvalue weighted by Gasteiger charge is -2.17. The third-order valence-electron chi connectivity index (χ3n) is 3.05. The summed E-state index contributed by atoms with van der Waals surface area (Å²) >= 11 is 5.70. The Balaban J connectivity index is 2.65. The molecular weight excluding hydrogens is 386 g/mol. The minimum absolute atomic E-state index is 0.0800. The second-order valence-corrected chi connectivity index (χ2v) is 7.38. The molecule has 0 aliphatic rings. The third kappa shape index (κ3) is 6.62. The topological polar surface area (TPSA) is 131 Å². The van der Waals surface area contributed by atoms with Crippen molar-refractivity contribution in [2.24, 2.45) is 0 Å². The number of amides is 3. The fourth-order valence-electron chi connectivity index (χ4n) is 1.71. The van der Waals surface area contributed by atoms with Gasteiger partial charge in [0.2, 0.25) is 10.0 Å². The summed E-state index contributed by atoms with van der Waals surface area (Å²) in [5.74, 6) is -1.81. The normalized spacial score (nSPS) is 13.4. The summed E-state index contributed by atoms with van der Waals surface area (Å²) in [5, 5.41) is 4.70. The predicted octanol–water partition coefficient (Wildman–Crippen LogP) is 0.784. The Kier molecular flexibility index (Phi) is 8.00. The molecule has 11 heteroatoms. The van der Waals surface area contributed by atoms with Crippen LogP contribution in [-0.4, -0.2) is 45.0 Å². The van der Waals surface area contributed by atoms with Crippen molar-refractivity contribution in [1.29, 1.82) is 0 Å². The molecule has 0 heterocycles. The van der Waals surface area contributed by atoms with Crippen molar-refractivity contribution in [2.45, 2.75) is 37.8 Å². The number of imide groups is 1. The molecule has 1 rings (SSSR count). The van der Waals surface area contributed by atoms with E-state index in [0.717, 1.165) is 0 Å². The van der Waals surface area contributed by atoms with Gasteiger partial charge in [0, 0.05) is 11.6 Å². The van der Waals surface area contributed by atoms with Crippen molar-refractivity contribution in [1.82, 2.24) is 15.4 Å². The molecule has 0 fully saturated rings. The number of halogens is 1. The number of urea groups is 1. The largest absolute Gasteiger partial charge is 0.451 e. The first-order valence-corrected chi connectivity index (χ1v) is 9.50. The van der Waals surface area contributed by atoms with Crippen LogP contribution < -0.4 is 15.4 Å². The minimum atomic E-state index is -3.98. The highest BCUT2D eigenvalue weighted by Crippen LogP contribution is 2.14. The smallest absolute Gasteiger partial charge is 0.324 e. The van der Waals surface area contributed by atoms with Crippen molar-refractivity contribution in [3.8, 4) is 0 Å². The predicted molar refractivity (Wildman–Crippen MR) is 94.0 cm³/mol. The highest BCUT2D eigenvalue weighted by Gasteiger charge is 2.26. The molecule has 1 aromatic rings. The maximum Gasteiger partial charge on any atom is 0.324 e. The summed E-state index contributed by atoms with van der Waals surface area (Å²) in [6.45, 7) is 4.51. The molecule has 2 atom stereocenters. The number of nitrogens with one attached hydrogen (secondary N) is 3. The molecule has 3 amide bonds. The quantitative estimate of drug-likeness (QED) is 0.574. The number of carbonyl (C=O) groups is 3. The lowest BCUT2D eigenvalue weighted by Crippen LogP contribution is -2.46. The third-order valence-corrected chi connectivity index (χ3v) is 4.85. The first kappa shape index (κ1) is 21.9. The Morgan fingerprint density at radius 2 is 1.73 bits per heavy atom. The molecule has 26 heavy (non-hydrogen) atoms. The average molecular weight is 406 g/mol. The maximum absolute atomic E-state index is 12.2. The van der Waals surface area contributed by atoms with Crippen molar-refractivity contribution in [2.75, 3.05) is 6.54 Å². The zero-order chi connectivity index (χ0) is 19.9. The number of esters is 1. The van der Waals surface area contributed by atoms with E-state index in [-0.39, 0.29) is 4.90 Å². The van der Waals surface area contributed by atoms with Gasteiger partial charge >= 0.3 is 12.0 Å². The van der Waals surface area contributed by atoms with Crippen molar-refractivity contribution in [3.05, 3.63) is 29.3 Å². The fourth-order valence-corrected chi connectivity index (χ4v) is 3.03. The van der Waals surface area contributed by atoms with Gasteiger partial charge in [0.25, 0.3) is 5.91 Å². The standard InChI is InChI=1S/C15H20ClN3O6S/c1-4-17-15(22)18-13(20)10(3)25-14(21)9(2)19-26(23,24)12-7-5-11(16)6-8-12/h5-10,19H,4H2,1-3H3,(H2,17,18,20,22). The van der Waals surface area contributed by atoms with Crippen LogP contribution >= 0.6 is 11.6 Å². The lowest BCUT2D eigenvalue weighted by molar-refractivity contribution is -0.155. The summed E-state index contributed by atoms with van der Waals surface area (Å²) in [7, 11) is -3.98. The van der Waals surface area contributed by atoms with Gasteiger partial charge in [0.05, 0.1) is 4.90 Å². The molecule has 0 aliphatic heterocycles. The highest BCUT2D eigenvalue weighted by atomic mass is 35.5. The molecule has 0 saturated carbocycles. The lowest BCUT2D eigenvalue weighted by atomic mass is 10.3. The summed E-state index contributed by atoms with van der Waals surface area (Å²) in [6.07, 6.45) is -1.28. The van der Waals surface area contributed by atoms with Crippen LogP contribution in [0.1, 0.15) is 20.8 Å².